The van der Waals surface area contributed by atoms with E-state index in [4.69, 9.17) is 0 Å². The largest absolute Gasteiger partial charge is 0.469 e. The summed E-state index contributed by atoms with van der Waals surface area (Å²) in [6.07, 6.45) is 2.11. The fourth-order valence-corrected chi connectivity index (χ4v) is 1.87. The molecule has 0 aromatic rings. The van der Waals surface area contributed by atoms with E-state index in [1.165, 1.54) is 7.11 Å². The topological polar surface area (TPSA) is 49.8 Å². The van der Waals surface area contributed by atoms with Crippen molar-refractivity contribution in [3.8, 4) is 0 Å². The molecule has 0 aliphatic carbocycles. The van der Waals surface area contributed by atoms with Crippen LogP contribution in [0, 0.1) is 5.92 Å². The molecule has 15 heavy (non-hydrogen) atoms. The summed E-state index contributed by atoms with van der Waals surface area (Å²) in [5.74, 6) is 0.253. The quantitative estimate of drug-likeness (QED) is 0.699. The van der Waals surface area contributed by atoms with Crippen molar-refractivity contribution in [2.75, 3.05) is 26.7 Å². The van der Waals surface area contributed by atoms with Gasteiger partial charge in [-0.1, -0.05) is 6.92 Å². The lowest BCUT2D eigenvalue weighted by Gasteiger charge is -2.34. The van der Waals surface area contributed by atoms with Crippen LogP contribution < -0.4 is 0 Å². The average Bonchev–Trinajstić information content (AvgIpc) is 2.23. The molecule has 4 heteroatoms. The smallest absolute Gasteiger partial charge is 0.305 e. The van der Waals surface area contributed by atoms with Gasteiger partial charge in [0.2, 0.25) is 0 Å². The number of likely N-dealkylation sites (tertiary alicyclic amines) is 1. The van der Waals surface area contributed by atoms with Gasteiger partial charge < -0.3 is 14.7 Å². The Labute approximate surface area is 91.2 Å². The van der Waals surface area contributed by atoms with Crippen molar-refractivity contribution in [1.82, 2.24) is 4.90 Å². The molecule has 1 aliphatic heterocycles. The van der Waals surface area contributed by atoms with Gasteiger partial charge in [0.15, 0.2) is 0 Å². The number of aliphatic hydroxyl groups is 1. The van der Waals surface area contributed by atoms with Gasteiger partial charge >= 0.3 is 5.97 Å². The molecule has 4 nitrogen and oxygen atoms in total. The van der Waals surface area contributed by atoms with Crippen molar-refractivity contribution in [1.29, 1.82) is 0 Å². The summed E-state index contributed by atoms with van der Waals surface area (Å²) in [6, 6.07) is 0. The maximum Gasteiger partial charge on any atom is 0.305 e. The number of aliphatic hydroxyl groups excluding tert-OH is 1. The molecule has 2 unspecified atom stereocenters. The first-order valence-electron chi connectivity index (χ1n) is 5.60. The maximum absolute atomic E-state index is 10.9. The zero-order chi connectivity index (χ0) is 11.3. The minimum absolute atomic E-state index is 0.152. The van der Waals surface area contributed by atoms with Gasteiger partial charge in [-0.3, -0.25) is 4.79 Å². The molecule has 1 rings (SSSR count). The van der Waals surface area contributed by atoms with Crippen LogP contribution in [0.3, 0.4) is 0 Å². The van der Waals surface area contributed by atoms with E-state index in [-0.39, 0.29) is 12.1 Å². The molecule has 1 heterocycles. The van der Waals surface area contributed by atoms with Crippen LogP contribution in [0.15, 0.2) is 0 Å². The second-order valence-electron chi connectivity index (χ2n) is 4.31. The SMILES string of the molecule is COC(=O)CCCN1CCC(C)C(O)C1. The highest BCUT2D eigenvalue weighted by Crippen LogP contribution is 2.17. The molecule has 0 radical (unpaired) electrons. The van der Waals surface area contributed by atoms with Crippen LogP contribution in [0.2, 0.25) is 0 Å². The van der Waals surface area contributed by atoms with E-state index in [1.54, 1.807) is 0 Å². The molecule has 88 valence electrons. The zero-order valence-electron chi connectivity index (χ0n) is 9.61. The number of β-amino-alcohol motifs (C(OH)–C–C–N with tert-alkyl or cyclic N) is 1. The number of hydrogen-bond acceptors (Lipinski definition) is 4. The van der Waals surface area contributed by atoms with Crippen molar-refractivity contribution >= 4 is 5.97 Å². The molecule has 0 bridgehead atoms. The Balaban J connectivity index is 2.14. The number of nitrogens with zero attached hydrogens (tertiary/aromatic N) is 1. The van der Waals surface area contributed by atoms with Crippen LogP contribution >= 0.6 is 0 Å². The number of hydrogen-bond donors (Lipinski definition) is 1. The Morgan fingerprint density at radius 2 is 2.33 bits per heavy atom. The molecular weight excluding hydrogens is 194 g/mol. The Hall–Kier alpha value is -0.610. The van der Waals surface area contributed by atoms with Crippen LogP contribution in [0.5, 0.6) is 0 Å². The van der Waals surface area contributed by atoms with Crippen molar-refractivity contribution in [2.24, 2.45) is 5.92 Å². The summed E-state index contributed by atoms with van der Waals surface area (Å²) in [7, 11) is 1.41. The van der Waals surface area contributed by atoms with E-state index in [0.717, 1.165) is 32.5 Å². The van der Waals surface area contributed by atoms with Crippen LogP contribution in [0.25, 0.3) is 0 Å². The molecule has 0 aromatic heterocycles. The van der Waals surface area contributed by atoms with Crippen molar-refractivity contribution in [3.63, 3.8) is 0 Å². The van der Waals surface area contributed by atoms with Gasteiger partial charge in [0.25, 0.3) is 0 Å². The van der Waals surface area contributed by atoms with E-state index in [0.29, 0.717) is 12.3 Å². The summed E-state index contributed by atoms with van der Waals surface area (Å²) >= 11 is 0. The summed E-state index contributed by atoms with van der Waals surface area (Å²) in [4.78, 5) is 13.1. The highest BCUT2D eigenvalue weighted by Gasteiger charge is 2.23. The van der Waals surface area contributed by atoms with Crippen molar-refractivity contribution in [2.45, 2.75) is 32.3 Å². The van der Waals surface area contributed by atoms with Gasteiger partial charge in [0.1, 0.15) is 0 Å². The highest BCUT2D eigenvalue weighted by molar-refractivity contribution is 5.69. The van der Waals surface area contributed by atoms with Crippen LogP contribution in [-0.2, 0) is 9.53 Å². The molecule has 0 amide bonds. The van der Waals surface area contributed by atoms with E-state index >= 15 is 0 Å². The predicted octanol–water partition coefficient (Wildman–Crippen LogP) is 0.642. The van der Waals surface area contributed by atoms with E-state index in [2.05, 4.69) is 16.6 Å². The molecule has 0 saturated carbocycles. The highest BCUT2D eigenvalue weighted by atomic mass is 16.5. The number of rotatable bonds is 4. The number of ether oxygens (including phenoxy) is 1. The summed E-state index contributed by atoms with van der Waals surface area (Å²) in [5.41, 5.74) is 0. The van der Waals surface area contributed by atoms with Crippen molar-refractivity contribution in [3.05, 3.63) is 0 Å². The number of esters is 1. The third-order valence-electron chi connectivity index (χ3n) is 3.09. The number of methoxy groups -OCH3 is 1. The first kappa shape index (κ1) is 12.5. The molecule has 0 spiro atoms. The molecule has 1 N–H and O–H groups in total. The lowest BCUT2D eigenvalue weighted by Crippen LogP contribution is -2.43. The van der Waals surface area contributed by atoms with E-state index < -0.39 is 0 Å². The number of carbonyl (C=O) groups excluding carboxylic acids is 1. The first-order valence-corrected chi connectivity index (χ1v) is 5.60. The summed E-state index contributed by atoms with van der Waals surface area (Å²) in [6.45, 7) is 4.72. The average molecular weight is 215 g/mol. The third-order valence-corrected chi connectivity index (χ3v) is 3.09. The molecule has 0 aromatic carbocycles. The van der Waals surface area contributed by atoms with Crippen LogP contribution in [0.1, 0.15) is 26.2 Å². The minimum atomic E-state index is -0.211. The van der Waals surface area contributed by atoms with Gasteiger partial charge in [-0.15, -0.1) is 0 Å². The Kier molecular flexibility index (Phi) is 5.05. The standard InChI is InChI=1S/C11H21NO3/c1-9-5-7-12(8-10(9)13)6-3-4-11(14)15-2/h9-10,13H,3-8H2,1-2H3. The molecular formula is C11H21NO3. The molecule has 2 atom stereocenters. The fourth-order valence-electron chi connectivity index (χ4n) is 1.87. The molecule has 1 saturated heterocycles. The Bertz CT molecular complexity index is 208. The molecule has 1 fully saturated rings. The Morgan fingerprint density at radius 1 is 1.60 bits per heavy atom. The van der Waals surface area contributed by atoms with Gasteiger partial charge in [-0.2, -0.15) is 0 Å². The number of piperidine rings is 1. The zero-order valence-corrected chi connectivity index (χ0v) is 9.61. The van der Waals surface area contributed by atoms with E-state index in [1.807, 2.05) is 0 Å². The second-order valence-corrected chi connectivity index (χ2v) is 4.31. The third kappa shape index (κ3) is 4.18. The summed E-state index contributed by atoms with van der Waals surface area (Å²) in [5, 5.41) is 9.67. The van der Waals surface area contributed by atoms with Gasteiger partial charge in [0, 0.05) is 13.0 Å². The molecule has 1 aliphatic rings. The second kappa shape index (κ2) is 6.08. The van der Waals surface area contributed by atoms with E-state index in [9.17, 15) is 9.90 Å². The maximum atomic E-state index is 10.9. The van der Waals surface area contributed by atoms with Crippen LogP contribution in [0.4, 0.5) is 0 Å². The minimum Gasteiger partial charge on any atom is -0.469 e. The van der Waals surface area contributed by atoms with Crippen LogP contribution in [-0.4, -0.2) is 48.8 Å². The summed E-state index contributed by atoms with van der Waals surface area (Å²) < 4.78 is 4.57. The predicted molar refractivity (Wildman–Crippen MR) is 57.5 cm³/mol. The monoisotopic (exact) mass is 215 g/mol. The Morgan fingerprint density at radius 3 is 2.93 bits per heavy atom. The normalized spacial score (nSPS) is 27.7. The lowest BCUT2D eigenvalue weighted by molar-refractivity contribution is -0.140. The first-order chi connectivity index (χ1) is 7.13. The lowest BCUT2D eigenvalue weighted by atomic mass is 9.96. The number of carbonyl (C=O) groups is 1. The van der Waals surface area contributed by atoms with Gasteiger partial charge in [-0.25, -0.2) is 0 Å². The fraction of sp³-hybridized carbons (Fsp3) is 0.909. The van der Waals surface area contributed by atoms with Crippen molar-refractivity contribution < 1.29 is 14.6 Å². The van der Waals surface area contributed by atoms with Gasteiger partial charge in [-0.05, 0) is 31.8 Å². The van der Waals surface area contributed by atoms with Gasteiger partial charge in [0.05, 0.1) is 13.2 Å².